The molecule has 94 valence electrons. The Bertz CT molecular complexity index is 393. The summed E-state index contributed by atoms with van der Waals surface area (Å²) in [6.07, 6.45) is 1.43. The van der Waals surface area contributed by atoms with Crippen LogP contribution >= 0.6 is 22.6 Å². The fourth-order valence-electron chi connectivity index (χ4n) is 1.61. The van der Waals surface area contributed by atoms with Crippen LogP contribution in [0.3, 0.4) is 0 Å². The van der Waals surface area contributed by atoms with Gasteiger partial charge >= 0.3 is 0 Å². The topological polar surface area (TPSA) is 49.3 Å². The molecule has 2 N–H and O–H groups in total. The van der Waals surface area contributed by atoms with E-state index in [4.69, 9.17) is 5.11 Å². The van der Waals surface area contributed by atoms with E-state index in [-0.39, 0.29) is 18.6 Å². The van der Waals surface area contributed by atoms with Crippen LogP contribution in [0.1, 0.15) is 35.7 Å². The summed E-state index contributed by atoms with van der Waals surface area (Å²) in [5.74, 6) is -0.0570. The first-order chi connectivity index (χ1) is 8.08. The third kappa shape index (κ3) is 4.27. The summed E-state index contributed by atoms with van der Waals surface area (Å²) in [6, 6.07) is 5.87. The van der Waals surface area contributed by atoms with Crippen LogP contribution in [0.15, 0.2) is 18.2 Å². The average Bonchev–Trinajstić information content (AvgIpc) is 2.31. The molecule has 3 nitrogen and oxygen atoms in total. The fourth-order valence-corrected chi connectivity index (χ4v) is 2.19. The molecular formula is C13H18INO2. The van der Waals surface area contributed by atoms with Gasteiger partial charge in [-0.1, -0.05) is 18.6 Å². The van der Waals surface area contributed by atoms with Crippen LogP contribution in [0.25, 0.3) is 0 Å². The van der Waals surface area contributed by atoms with Crippen molar-refractivity contribution in [2.75, 3.05) is 6.61 Å². The summed E-state index contributed by atoms with van der Waals surface area (Å²) in [7, 11) is 0. The first-order valence-electron chi connectivity index (χ1n) is 5.76. The number of halogens is 1. The van der Waals surface area contributed by atoms with Gasteiger partial charge in [0.25, 0.3) is 5.91 Å². The summed E-state index contributed by atoms with van der Waals surface area (Å²) in [6.45, 7) is 4.07. The molecule has 0 aliphatic rings. The van der Waals surface area contributed by atoms with Gasteiger partial charge < -0.3 is 10.4 Å². The van der Waals surface area contributed by atoms with Crippen molar-refractivity contribution in [1.82, 2.24) is 5.32 Å². The lowest BCUT2D eigenvalue weighted by atomic mass is 10.1. The lowest BCUT2D eigenvalue weighted by Crippen LogP contribution is -2.35. The predicted molar refractivity (Wildman–Crippen MR) is 77.1 cm³/mol. The number of nitrogens with one attached hydrogen (secondary N) is 1. The van der Waals surface area contributed by atoms with Crippen LogP contribution in [-0.4, -0.2) is 23.7 Å². The largest absolute Gasteiger partial charge is 0.396 e. The van der Waals surface area contributed by atoms with E-state index in [1.807, 2.05) is 32.0 Å². The zero-order chi connectivity index (χ0) is 12.8. The van der Waals surface area contributed by atoms with E-state index in [0.717, 1.165) is 15.6 Å². The molecule has 0 aliphatic heterocycles. The van der Waals surface area contributed by atoms with Crippen molar-refractivity contribution in [2.45, 2.75) is 32.7 Å². The van der Waals surface area contributed by atoms with Crippen LogP contribution in [0.5, 0.6) is 0 Å². The molecule has 1 unspecified atom stereocenters. The molecular weight excluding hydrogens is 329 g/mol. The molecule has 1 aromatic carbocycles. The number of rotatable bonds is 5. The van der Waals surface area contributed by atoms with Crippen molar-refractivity contribution in [3.05, 3.63) is 32.9 Å². The van der Waals surface area contributed by atoms with Crippen molar-refractivity contribution < 1.29 is 9.90 Å². The zero-order valence-corrected chi connectivity index (χ0v) is 12.3. The van der Waals surface area contributed by atoms with Gasteiger partial charge in [-0.25, -0.2) is 0 Å². The van der Waals surface area contributed by atoms with Crippen LogP contribution < -0.4 is 5.32 Å². The van der Waals surface area contributed by atoms with E-state index in [0.29, 0.717) is 12.0 Å². The molecule has 1 atom stereocenters. The van der Waals surface area contributed by atoms with E-state index in [2.05, 4.69) is 27.9 Å². The fraction of sp³-hybridized carbons (Fsp3) is 0.462. The Hall–Kier alpha value is -0.620. The maximum Gasteiger partial charge on any atom is 0.252 e. The summed E-state index contributed by atoms with van der Waals surface area (Å²) in [4.78, 5) is 12.1. The van der Waals surface area contributed by atoms with Gasteiger partial charge in [0.2, 0.25) is 0 Å². The van der Waals surface area contributed by atoms with Gasteiger partial charge in [0, 0.05) is 16.2 Å². The minimum absolute atomic E-state index is 0.0452. The Labute approximate surface area is 116 Å². The number of aliphatic hydroxyl groups is 1. The van der Waals surface area contributed by atoms with Crippen LogP contribution in [0, 0.1) is 10.5 Å². The molecule has 0 fully saturated rings. The molecule has 0 aliphatic carbocycles. The van der Waals surface area contributed by atoms with Crippen LogP contribution in [-0.2, 0) is 0 Å². The maximum atomic E-state index is 12.1. The first kappa shape index (κ1) is 14.4. The number of benzene rings is 1. The molecule has 0 bridgehead atoms. The van der Waals surface area contributed by atoms with Gasteiger partial charge in [0.15, 0.2) is 0 Å². The van der Waals surface area contributed by atoms with Crippen LogP contribution in [0.2, 0.25) is 0 Å². The number of hydrogen-bond donors (Lipinski definition) is 2. The third-order valence-electron chi connectivity index (χ3n) is 2.67. The van der Waals surface area contributed by atoms with Gasteiger partial charge in [0.1, 0.15) is 0 Å². The second kappa shape index (κ2) is 6.96. The molecule has 0 saturated carbocycles. The van der Waals surface area contributed by atoms with E-state index >= 15 is 0 Å². The Balaban J connectivity index is 2.78. The quantitative estimate of drug-likeness (QED) is 0.804. The molecule has 0 saturated heterocycles. The van der Waals surface area contributed by atoms with Crippen LogP contribution in [0.4, 0.5) is 0 Å². The lowest BCUT2D eigenvalue weighted by Gasteiger charge is -2.16. The maximum absolute atomic E-state index is 12.1. The van der Waals surface area contributed by atoms with Crippen molar-refractivity contribution in [2.24, 2.45) is 0 Å². The summed E-state index contributed by atoms with van der Waals surface area (Å²) >= 11 is 2.16. The molecule has 0 spiro atoms. The normalized spacial score (nSPS) is 12.2. The Morgan fingerprint density at radius 3 is 2.82 bits per heavy atom. The van der Waals surface area contributed by atoms with Crippen molar-refractivity contribution in [3.8, 4) is 0 Å². The van der Waals surface area contributed by atoms with Crippen molar-refractivity contribution in [1.29, 1.82) is 0 Å². The van der Waals surface area contributed by atoms with Gasteiger partial charge in [-0.05, 0) is 54.5 Å². The number of aliphatic hydroxyl groups excluding tert-OH is 1. The Morgan fingerprint density at radius 2 is 2.24 bits per heavy atom. The number of carbonyl (C=O) groups excluding carboxylic acids is 1. The Morgan fingerprint density at radius 1 is 1.53 bits per heavy atom. The SMILES string of the molecule is CCC(CCO)NC(=O)c1cc(C)ccc1I. The van der Waals surface area contributed by atoms with Gasteiger partial charge in [-0.3, -0.25) is 4.79 Å². The van der Waals surface area contributed by atoms with Gasteiger partial charge in [-0.2, -0.15) is 0 Å². The van der Waals surface area contributed by atoms with Gasteiger partial charge in [0.05, 0.1) is 5.56 Å². The minimum Gasteiger partial charge on any atom is -0.396 e. The highest BCUT2D eigenvalue weighted by Gasteiger charge is 2.14. The van der Waals surface area contributed by atoms with E-state index in [1.165, 1.54) is 0 Å². The predicted octanol–water partition coefficient (Wildman–Crippen LogP) is 2.49. The molecule has 4 heteroatoms. The highest BCUT2D eigenvalue weighted by Crippen LogP contribution is 2.14. The summed E-state index contributed by atoms with van der Waals surface area (Å²) < 4.78 is 0.949. The third-order valence-corrected chi connectivity index (χ3v) is 3.61. The monoisotopic (exact) mass is 347 g/mol. The van der Waals surface area contributed by atoms with Gasteiger partial charge in [-0.15, -0.1) is 0 Å². The van der Waals surface area contributed by atoms with E-state index in [9.17, 15) is 4.79 Å². The number of amides is 1. The minimum atomic E-state index is -0.0570. The lowest BCUT2D eigenvalue weighted by molar-refractivity contribution is 0.0928. The molecule has 1 rings (SSSR count). The molecule has 1 aromatic rings. The van der Waals surface area contributed by atoms with Crippen molar-refractivity contribution >= 4 is 28.5 Å². The summed E-state index contributed by atoms with van der Waals surface area (Å²) in [5, 5.41) is 11.8. The van der Waals surface area contributed by atoms with E-state index < -0.39 is 0 Å². The Kier molecular flexibility index (Phi) is 5.91. The number of aryl methyl sites for hydroxylation is 1. The number of carbonyl (C=O) groups is 1. The highest BCUT2D eigenvalue weighted by atomic mass is 127. The first-order valence-corrected chi connectivity index (χ1v) is 6.84. The molecule has 0 aromatic heterocycles. The van der Waals surface area contributed by atoms with E-state index in [1.54, 1.807) is 0 Å². The standard InChI is InChI=1S/C13H18INO2/c1-3-10(6-7-16)15-13(17)11-8-9(2)4-5-12(11)14/h4-5,8,10,16H,3,6-7H2,1-2H3,(H,15,17). The average molecular weight is 347 g/mol. The zero-order valence-electron chi connectivity index (χ0n) is 10.2. The molecule has 0 heterocycles. The smallest absolute Gasteiger partial charge is 0.252 e. The molecule has 17 heavy (non-hydrogen) atoms. The summed E-state index contributed by atoms with van der Waals surface area (Å²) in [5.41, 5.74) is 1.78. The van der Waals surface area contributed by atoms with Crippen molar-refractivity contribution in [3.63, 3.8) is 0 Å². The molecule has 0 radical (unpaired) electrons. The second-order valence-electron chi connectivity index (χ2n) is 4.07. The number of hydrogen-bond acceptors (Lipinski definition) is 2. The second-order valence-corrected chi connectivity index (χ2v) is 5.24. The molecule has 1 amide bonds. The highest BCUT2D eigenvalue weighted by molar-refractivity contribution is 14.1.